The van der Waals surface area contributed by atoms with Crippen LogP contribution in [0.2, 0.25) is 0 Å². The molecule has 25 heavy (non-hydrogen) atoms. The number of carboxylic acid groups (broad SMARTS) is 1. The molecule has 3 aromatic rings. The zero-order chi connectivity index (χ0) is 17.4. The second-order valence-electron chi connectivity index (χ2n) is 6.04. The van der Waals surface area contributed by atoms with Gasteiger partial charge in [0.25, 0.3) is 5.91 Å². The first kappa shape index (κ1) is 15.3. The number of hydrogen-bond acceptors (Lipinski definition) is 5. The van der Waals surface area contributed by atoms with Crippen molar-refractivity contribution in [2.24, 2.45) is 5.92 Å². The van der Waals surface area contributed by atoms with Gasteiger partial charge in [0.2, 0.25) is 0 Å². The number of carbonyl (C=O) groups is 2. The summed E-state index contributed by atoms with van der Waals surface area (Å²) in [6, 6.07) is 10.5. The van der Waals surface area contributed by atoms with Crippen molar-refractivity contribution in [2.45, 2.75) is 5.92 Å². The molecule has 0 saturated carbocycles. The predicted octanol–water partition coefficient (Wildman–Crippen LogP) is 1.29. The third-order valence-electron chi connectivity index (χ3n) is 4.56. The van der Waals surface area contributed by atoms with Gasteiger partial charge in [0, 0.05) is 36.5 Å². The summed E-state index contributed by atoms with van der Waals surface area (Å²) >= 11 is 0. The molecule has 8 nitrogen and oxygen atoms in total. The average molecular weight is 337 g/mol. The van der Waals surface area contributed by atoms with E-state index in [1.54, 1.807) is 41.4 Å². The fourth-order valence-electron chi connectivity index (χ4n) is 3.27. The molecule has 126 valence electrons. The summed E-state index contributed by atoms with van der Waals surface area (Å²) in [6.07, 6.45) is 1.64. The van der Waals surface area contributed by atoms with Crippen LogP contribution in [0.4, 0.5) is 0 Å². The highest BCUT2D eigenvalue weighted by atomic mass is 16.4. The Kier molecular flexibility index (Phi) is 3.64. The monoisotopic (exact) mass is 337 g/mol. The highest BCUT2D eigenvalue weighted by Gasteiger charge is 2.41. The molecule has 0 radical (unpaired) electrons. The van der Waals surface area contributed by atoms with Crippen LogP contribution in [0.3, 0.4) is 0 Å². The van der Waals surface area contributed by atoms with Crippen molar-refractivity contribution in [1.82, 2.24) is 25.3 Å². The van der Waals surface area contributed by atoms with Crippen molar-refractivity contribution in [1.29, 1.82) is 0 Å². The summed E-state index contributed by atoms with van der Waals surface area (Å²) in [5, 5.41) is 20.0. The van der Waals surface area contributed by atoms with E-state index < -0.39 is 11.9 Å². The minimum Gasteiger partial charge on any atom is -0.481 e. The van der Waals surface area contributed by atoms with Crippen LogP contribution in [-0.2, 0) is 4.79 Å². The van der Waals surface area contributed by atoms with Gasteiger partial charge < -0.3 is 10.0 Å². The molecule has 1 amide bonds. The first-order valence-electron chi connectivity index (χ1n) is 7.87. The van der Waals surface area contributed by atoms with E-state index in [-0.39, 0.29) is 18.4 Å². The number of pyridine rings is 1. The fraction of sp³-hybridized carbons (Fsp3) is 0.235. The van der Waals surface area contributed by atoms with Crippen molar-refractivity contribution in [3.05, 3.63) is 53.9 Å². The molecule has 1 saturated heterocycles. The maximum atomic E-state index is 12.8. The van der Waals surface area contributed by atoms with Crippen LogP contribution < -0.4 is 0 Å². The predicted molar refractivity (Wildman–Crippen MR) is 87.9 cm³/mol. The van der Waals surface area contributed by atoms with E-state index in [4.69, 9.17) is 0 Å². The second-order valence-corrected chi connectivity index (χ2v) is 6.04. The van der Waals surface area contributed by atoms with Crippen LogP contribution in [0.1, 0.15) is 22.0 Å². The van der Waals surface area contributed by atoms with Gasteiger partial charge in [-0.2, -0.15) is 15.4 Å². The van der Waals surface area contributed by atoms with Gasteiger partial charge in [-0.25, -0.2) is 0 Å². The zero-order valence-corrected chi connectivity index (χ0v) is 13.2. The zero-order valence-electron chi connectivity index (χ0n) is 13.2. The number of aliphatic carboxylic acids is 1. The smallest absolute Gasteiger partial charge is 0.309 e. The van der Waals surface area contributed by atoms with E-state index in [0.29, 0.717) is 28.8 Å². The lowest BCUT2D eigenvalue weighted by Gasteiger charge is -2.16. The largest absolute Gasteiger partial charge is 0.481 e. The number of amides is 1. The molecule has 2 atom stereocenters. The molecule has 1 aromatic carbocycles. The van der Waals surface area contributed by atoms with Gasteiger partial charge >= 0.3 is 5.97 Å². The highest BCUT2D eigenvalue weighted by molar-refractivity contribution is 5.97. The maximum absolute atomic E-state index is 12.8. The molecule has 0 bridgehead atoms. The summed E-state index contributed by atoms with van der Waals surface area (Å²) in [7, 11) is 0. The Morgan fingerprint density at radius 2 is 1.96 bits per heavy atom. The van der Waals surface area contributed by atoms with Crippen LogP contribution in [0.5, 0.6) is 0 Å². The summed E-state index contributed by atoms with van der Waals surface area (Å²) in [5.41, 5.74) is 2.43. The molecule has 1 aliphatic rings. The van der Waals surface area contributed by atoms with E-state index in [1.807, 2.05) is 6.07 Å². The molecule has 2 N–H and O–H groups in total. The summed E-state index contributed by atoms with van der Waals surface area (Å²) in [4.78, 5) is 30.3. The van der Waals surface area contributed by atoms with Gasteiger partial charge in [0.15, 0.2) is 0 Å². The van der Waals surface area contributed by atoms with Gasteiger partial charge in [0.05, 0.1) is 5.92 Å². The van der Waals surface area contributed by atoms with Crippen LogP contribution >= 0.6 is 0 Å². The van der Waals surface area contributed by atoms with Crippen LogP contribution in [0.25, 0.3) is 11.0 Å². The molecular formula is C17H15N5O3. The van der Waals surface area contributed by atoms with Gasteiger partial charge in [-0.1, -0.05) is 6.07 Å². The molecule has 8 heteroatoms. The minimum absolute atomic E-state index is 0.159. The third-order valence-corrected chi connectivity index (χ3v) is 4.56. The summed E-state index contributed by atoms with van der Waals surface area (Å²) in [5.74, 6) is -2.12. The first-order valence-corrected chi connectivity index (χ1v) is 7.87. The number of fused-ring (bicyclic) bond motifs is 1. The molecule has 0 unspecified atom stereocenters. The number of nitrogens with zero attached hydrogens (tertiary/aromatic N) is 4. The van der Waals surface area contributed by atoms with Gasteiger partial charge in [-0.3, -0.25) is 14.6 Å². The number of nitrogens with one attached hydrogen (secondary N) is 1. The van der Waals surface area contributed by atoms with Crippen LogP contribution in [0, 0.1) is 5.92 Å². The van der Waals surface area contributed by atoms with Crippen molar-refractivity contribution < 1.29 is 14.7 Å². The molecule has 1 aliphatic heterocycles. The van der Waals surface area contributed by atoms with E-state index in [9.17, 15) is 14.7 Å². The number of aromatic amines is 1. The number of hydrogen-bond donors (Lipinski definition) is 2. The number of aromatic nitrogens is 4. The number of carbonyl (C=O) groups excluding carboxylic acids is 1. The number of carboxylic acids is 1. The SMILES string of the molecule is O=C(O)[C@@H]1CN(C(=O)c2ccc3n[nH]nc3c2)C[C@H]1c1ccccn1. The molecule has 0 aliphatic carbocycles. The lowest BCUT2D eigenvalue weighted by atomic mass is 9.93. The highest BCUT2D eigenvalue weighted by Crippen LogP contribution is 2.32. The minimum atomic E-state index is -0.919. The topological polar surface area (TPSA) is 112 Å². The number of rotatable bonds is 3. The molecule has 1 fully saturated rings. The summed E-state index contributed by atoms with van der Waals surface area (Å²) in [6.45, 7) is 0.482. The lowest BCUT2D eigenvalue weighted by Crippen LogP contribution is -2.29. The quantitative estimate of drug-likeness (QED) is 0.745. The standard InChI is InChI=1S/C17H15N5O3/c23-16(10-4-5-14-15(7-10)20-21-19-14)22-8-11(12(9-22)17(24)25)13-3-1-2-6-18-13/h1-7,11-12H,8-9H2,(H,24,25)(H,19,20,21)/t11-,12-/m1/s1. The molecule has 2 aromatic heterocycles. The third kappa shape index (κ3) is 2.71. The van der Waals surface area contributed by atoms with Crippen LogP contribution in [0.15, 0.2) is 42.6 Å². The van der Waals surface area contributed by atoms with E-state index >= 15 is 0 Å². The first-order chi connectivity index (χ1) is 12.1. The van der Waals surface area contributed by atoms with E-state index in [1.165, 1.54) is 0 Å². The summed E-state index contributed by atoms with van der Waals surface area (Å²) < 4.78 is 0. The van der Waals surface area contributed by atoms with E-state index in [2.05, 4.69) is 20.4 Å². The fourth-order valence-corrected chi connectivity index (χ4v) is 3.27. The molecular weight excluding hydrogens is 322 g/mol. The van der Waals surface area contributed by atoms with Crippen molar-refractivity contribution in [2.75, 3.05) is 13.1 Å². The van der Waals surface area contributed by atoms with Gasteiger partial charge in [0.1, 0.15) is 11.0 Å². The van der Waals surface area contributed by atoms with E-state index in [0.717, 1.165) is 0 Å². The van der Waals surface area contributed by atoms with Crippen molar-refractivity contribution >= 4 is 22.9 Å². The van der Waals surface area contributed by atoms with Gasteiger partial charge in [-0.15, -0.1) is 0 Å². The Morgan fingerprint density at radius 1 is 1.12 bits per heavy atom. The average Bonchev–Trinajstić information content (AvgIpc) is 3.28. The Labute approximate surface area is 142 Å². The van der Waals surface area contributed by atoms with Gasteiger partial charge in [-0.05, 0) is 30.3 Å². The van der Waals surface area contributed by atoms with Crippen molar-refractivity contribution in [3.63, 3.8) is 0 Å². The Morgan fingerprint density at radius 3 is 2.72 bits per heavy atom. The normalized spacial score (nSPS) is 20.1. The van der Waals surface area contributed by atoms with Crippen molar-refractivity contribution in [3.8, 4) is 0 Å². The maximum Gasteiger partial charge on any atom is 0.309 e. The Balaban J connectivity index is 1.62. The molecule has 0 spiro atoms. The Bertz CT molecular complexity index is 940. The van der Waals surface area contributed by atoms with Crippen LogP contribution in [-0.4, -0.2) is 55.4 Å². The lowest BCUT2D eigenvalue weighted by molar-refractivity contribution is -0.141. The Hall–Kier alpha value is -3.29. The number of H-pyrrole nitrogens is 1. The second kappa shape index (κ2) is 5.97. The number of likely N-dealkylation sites (tertiary alicyclic amines) is 1. The molecule has 3 heterocycles. The molecule has 4 rings (SSSR count). The number of benzene rings is 1.